The van der Waals surface area contributed by atoms with Crippen molar-refractivity contribution in [3.8, 4) is 0 Å². The van der Waals surface area contributed by atoms with Crippen molar-refractivity contribution < 1.29 is 13.6 Å². The summed E-state index contributed by atoms with van der Waals surface area (Å²) in [5, 5.41) is 4.13. The molecule has 0 aliphatic heterocycles. The number of benzene rings is 1. The molecule has 0 saturated heterocycles. The summed E-state index contributed by atoms with van der Waals surface area (Å²) < 4.78 is 23.4. The van der Waals surface area contributed by atoms with E-state index in [1.165, 1.54) is 0 Å². The van der Waals surface area contributed by atoms with Crippen LogP contribution in [0.3, 0.4) is 0 Å². The standard InChI is InChI=1S/C16H28NO3P/c1-6-16(5,7-2)17-14-10-12-15(13-11-14)21(18,19-8-3)20-9-4/h10-13,17H,6-9H2,1-5H3. The molecular formula is C16H28NO3P. The van der Waals surface area contributed by atoms with Gasteiger partial charge in [-0.15, -0.1) is 0 Å². The minimum atomic E-state index is -3.18. The topological polar surface area (TPSA) is 47.6 Å². The van der Waals surface area contributed by atoms with Crippen LogP contribution < -0.4 is 10.6 Å². The highest BCUT2D eigenvalue weighted by atomic mass is 31.2. The van der Waals surface area contributed by atoms with Crippen molar-refractivity contribution in [2.24, 2.45) is 0 Å². The van der Waals surface area contributed by atoms with E-state index in [0.29, 0.717) is 18.5 Å². The smallest absolute Gasteiger partial charge is 0.361 e. The number of hydrogen-bond acceptors (Lipinski definition) is 4. The molecule has 1 rings (SSSR count). The lowest BCUT2D eigenvalue weighted by atomic mass is 9.95. The summed E-state index contributed by atoms with van der Waals surface area (Å²) in [6.07, 6.45) is 2.09. The fourth-order valence-corrected chi connectivity index (χ4v) is 3.60. The summed E-state index contributed by atoms with van der Waals surface area (Å²) in [4.78, 5) is 0. The molecule has 0 fully saturated rings. The van der Waals surface area contributed by atoms with Crippen LogP contribution >= 0.6 is 7.60 Å². The van der Waals surface area contributed by atoms with Gasteiger partial charge in [-0.2, -0.15) is 0 Å². The number of nitrogens with one attached hydrogen (secondary N) is 1. The average Bonchev–Trinajstić information content (AvgIpc) is 2.48. The van der Waals surface area contributed by atoms with Crippen LogP contribution in [0, 0.1) is 0 Å². The van der Waals surface area contributed by atoms with E-state index in [1.54, 1.807) is 0 Å². The lowest BCUT2D eigenvalue weighted by Crippen LogP contribution is -2.32. The third-order valence-electron chi connectivity index (χ3n) is 3.79. The lowest BCUT2D eigenvalue weighted by molar-refractivity contribution is 0.230. The second-order valence-corrected chi connectivity index (χ2v) is 7.30. The molecule has 0 spiro atoms. The monoisotopic (exact) mass is 313 g/mol. The van der Waals surface area contributed by atoms with Gasteiger partial charge >= 0.3 is 7.60 Å². The molecule has 0 aromatic heterocycles. The van der Waals surface area contributed by atoms with E-state index >= 15 is 0 Å². The first-order valence-electron chi connectivity index (χ1n) is 7.71. The first-order valence-corrected chi connectivity index (χ1v) is 9.25. The zero-order valence-electron chi connectivity index (χ0n) is 13.8. The highest BCUT2D eigenvalue weighted by Gasteiger charge is 2.26. The Bertz CT molecular complexity index is 459. The van der Waals surface area contributed by atoms with Crippen molar-refractivity contribution >= 4 is 18.6 Å². The predicted octanol–water partition coefficient (Wildman–Crippen LogP) is 4.57. The largest absolute Gasteiger partial charge is 0.380 e. The summed E-state index contributed by atoms with van der Waals surface area (Å²) in [6.45, 7) is 10.9. The van der Waals surface area contributed by atoms with Crippen molar-refractivity contribution in [2.75, 3.05) is 18.5 Å². The molecule has 0 aliphatic carbocycles. The summed E-state index contributed by atoms with van der Waals surface area (Å²) in [7, 11) is -3.18. The second-order valence-electron chi connectivity index (χ2n) is 5.27. The summed E-state index contributed by atoms with van der Waals surface area (Å²) in [5.74, 6) is 0. The summed E-state index contributed by atoms with van der Waals surface area (Å²) >= 11 is 0. The van der Waals surface area contributed by atoms with Gasteiger partial charge in [-0.25, -0.2) is 0 Å². The maximum absolute atomic E-state index is 12.7. The molecule has 4 nitrogen and oxygen atoms in total. The lowest BCUT2D eigenvalue weighted by Gasteiger charge is -2.29. The van der Waals surface area contributed by atoms with Crippen molar-refractivity contribution in [2.45, 2.75) is 53.0 Å². The Kier molecular flexibility index (Phi) is 6.92. The van der Waals surface area contributed by atoms with Crippen LogP contribution in [0.25, 0.3) is 0 Å². The van der Waals surface area contributed by atoms with Gasteiger partial charge < -0.3 is 14.4 Å². The Labute approximate surface area is 128 Å². The SMILES string of the molecule is CCOP(=O)(OCC)c1ccc(NC(C)(CC)CC)cc1. The molecule has 120 valence electrons. The fraction of sp³-hybridized carbons (Fsp3) is 0.625. The maximum atomic E-state index is 12.7. The first kappa shape index (κ1) is 18.2. The highest BCUT2D eigenvalue weighted by molar-refractivity contribution is 7.62. The van der Waals surface area contributed by atoms with Crippen LogP contribution in [0.4, 0.5) is 5.69 Å². The molecule has 0 amide bonds. The molecule has 1 aromatic rings. The molecule has 0 radical (unpaired) electrons. The van der Waals surface area contributed by atoms with Crippen LogP contribution in [-0.2, 0) is 13.6 Å². The highest BCUT2D eigenvalue weighted by Crippen LogP contribution is 2.46. The van der Waals surface area contributed by atoms with Gasteiger partial charge in [-0.1, -0.05) is 13.8 Å². The Morgan fingerprint density at radius 3 is 1.86 bits per heavy atom. The van der Waals surface area contributed by atoms with Crippen LogP contribution in [0.2, 0.25) is 0 Å². The van der Waals surface area contributed by atoms with Gasteiger partial charge in [0.25, 0.3) is 0 Å². The van der Waals surface area contributed by atoms with E-state index in [2.05, 4.69) is 26.1 Å². The van der Waals surface area contributed by atoms with Gasteiger partial charge in [-0.3, -0.25) is 4.57 Å². The number of rotatable bonds is 9. The second kappa shape index (κ2) is 7.98. The Morgan fingerprint density at radius 1 is 1.00 bits per heavy atom. The van der Waals surface area contributed by atoms with Gasteiger partial charge in [-0.05, 0) is 57.9 Å². The zero-order chi connectivity index (χ0) is 15.9. The quantitative estimate of drug-likeness (QED) is 0.678. The molecule has 0 unspecified atom stereocenters. The minimum Gasteiger partial charge on any atom is -0.380 e. The van der Waals surface area contributed by atoms with Crippen LogP contribution in [0.1, 0.15) is 47.5 Å². The molecule has 0 bridgehead atoms. The number of hydrogen-bond donors (Lipinski definition) is 1. The molecule has 0 saturated carbocycles. The van der Waals surface area contributed by atoms with E-state index in [0.717, 1.165) is 18.5 Å². The molecule has 1 N–H and O–H groups in total. The van der Waals surface area contributed by atoms with Crippen molar-refractivity contribution in [3.63, 3.8) is 0 Å². The van der Waals surface area contributed by atoms with E-state index in [1.807, 2.05) is 38.1 Å². The van der Waals surface area contributed by atoms with Gasteiger partial charge in [0.05, 0.1) is 18.5 Å². The van der Waals surface area contributed by atoms with E-state index in [-0.39, 0.29) is 5.54 Å². The Hall–Kier alpha value is -0.830. The third-order valence-corrected chi connectivity index (χ3v) is 5.92. The number of anilines is 1. The van der Waals surface area contributed by atoms with Crippen molar-refractivity contribution in [3.05, 3.63) is 24.3 Å². The molecule has 0 atom stereocenters. The normalized spacial score (nSPS) is 12.4. The van der Waals surface area contributed by atoms with Crippen molar-refractivity contribution in [1.29, 1.82) is 0 Å². The maximum Gasteiger partial charge on any atom is 0.361 e. The van der Waals surface area contributed by atoms with Gasteiger partial charge in [0.2, 0.25) is 0 Å². The molecule has 0 heterocycles. The molecule has 0 aliphatic rings. The molecule has 1 aromatic carbocycles. The Morgan fingerprint density at radius 2 is 1.48 bits per heavy atom. The fourth-order valence-electron chi connectivity index (χ4n) is 2.03. The third kappa shape index (κ3) is 4.84. The van der Waals surface area contributed by atoms with Crippen molar-refractivity contribution in [1.82, 2.24) is 0 Å². The summed E-state index contributed by atoms with van der Waals surface area (Å²) in [6, 6.07) is 7.51. The first-order chi connectivity index (χ1) is 9.93. The Balaban J connectivity index is 2.93. The zero-order valence-corrected chi connectivity index (χ0v) is 14.7. The van der Waals surface area contributed by atoms with Crippen LogP contribution in [0.5, 0.6) is 0 Å². The van der Waals surface area contributed by atoms with Gasteiger partial charge in [0.1, 0.15) is 0 Å². The van der Waals surface area contributed by atoms with E-state index in [9.17, 15) is 4.57 Å². The molecule has 21 heavy (non-hydrogen) atoms. The van der Waals surface area contributed by atoms with Crippen LogP contribution in [0.15, 0.2) is 24.3 Å². The van der Waals surface area contributed by atoms with E-state index in [4.69, 9.17) is 9.05 Å². The minimum absolute atomic E-state index is 0.0745. The molecular weight excluding hydrogens is 285 g/mol. The van der Waals surface area contributed by atoms with Crippen LogP contribution in [-0.4, -0.2) is 18.8 Å². The van der Waals surface area contributed by atoms with E-state index < -0.39 is 7.60 Å². The van der Waals surface area contributed by atoms with Gasteiger partial charge in [0.15, 0.2) is 0 Å². The predicted molar refractivity (Wildman–Crippen MR) is 89.5 cm³/mol. The average molecular weight is 313 g/mol. The molecule has 5 heteroatoms. The van der Waals surface area contributed by atoms with Gasteiger partial charge in [0, 0.05) is 11.2 Å². The summed E-state index contributed by atoms with van der Waals surface area (Å²) in [5.41, 5.74) is 1.09.